The topological polar surface area (TPSA) is 84.2 Å². The average Bonchev–Trinajstić information content (AvgIpc) is 2.76. The fraction of sp³-hybridized carbons (Fsp3) is 0.667. The Bertz CT molecular complexity index is 455. The molecule has 1 saturated heterocycles. The van der Waals surface area contributed by atoms with E-state index in [0.717, 1.165) is 13.0 Å². The maximum atomic E-state index is 12.1. The van der Waals surface area contributed by atoms with Crippen molar-refractivity contribution in [3.63, 3.8) is 0 Å². The molecule has 2 rings (SSSR count). The molecule has 7 heteroatoms. The summed E-state index contributed by atoms with van der Waals surface area (Å²) in [5.74, 6) is 0.330. The third kappa shape index (κ3) is 2.11. The average molecular weight is 245 g/mol. The van der Waals surface area contributed by atoms with Gasteiger partial charge in [0.05, 0.1) is 0 Å². The first-order valence-electron chi connectivity index (χ1n) is 5.16. The molecule has 16 heavy (non-hydrogen) atoms. The van der Waals surface area contributed by atoms with Gasteiger partial charge in [0, 0.05) is 12.6 Å². The third-order valence-electron chi connectivity index (χ3n) is 2.62. The van der Waals surface area contributed by atoms with Crippen molar-refractivity contribution in [2.24, 2.45) is 0 Å². The molecule has 0 spiro atoms. The molecule has 1 aromatic heterocycles. The lowest BCUT2D eigenvalue weighted by molar-refractivity contribution is 0.390. The van der Waals surface area contributed by atoms with Gasteiger partial charge >= 0.3 is 0 Å². The Hall–Kier alpha value is -0.920. The van der Waals surface area contributed by atoms with E-state index in [4.69, 9.17) is 4.52 Å². The number of hydrogen-bond acceptors (Lipinski definition) is 5. The maximum Gasteiger partial charge on any atom is 0.246 e. The first kappa shape index (κ1) is 11.6. The van der Waals surface area contributed by atoms with Crippen molar-refractivity contribution in [1.82, 2.24) is 15.2 Å². The summed E-state index contributed by atoms with van der Waals surface area (Å²) >= 11 is 0. The Morgan fingerprint density at radius 2 is 2.25 bits per heavy atom. The van der Waals surface area contributed by atoms with Crippen LogP contribution >= 0.6 is 0 Å². The van der Waals surface area contributed by atoms with Crippen molar-refractivity contribution in [2.75, 3.05) is 13.1 Å². The summed E-state index contributed by atoms with van der Waals surface area (Å²) in [5, 5.41) is 6.75. The van der Waals surface area contributed by atoms with Gasteiger partial charge in [0.25, 0.3) is 0 Å². The van der Waals surface area contributed by atoms with Crippen molar-refractivity contribution >= 4 is 10.0 Å². The minimum absolute atomic E-state index is 0.0429. The van der Waals surface area contributed by atoms with Crippen LogP contribution in [0.2, 0.25) is 0 Å². The number of sulfonamides is 1. The molecule has 0 radical (unpaired) electrons. The van der Waals surface area contributed by atoms with E-state index in [-0.39, 0.29) is 10.9 Å². The maximum absolute atomic E-state index is 12.1. The third-order valence-corrected chi connectivity index (χ3v) is 4.38. The highest BCUT2D eigenvalue weighted by molar-refractivity contribution is 7.89. The highest BCUT2D eigenvalue weighted by Crippen LogP contribution is 2.19. The minimum atomic E-state index is -3.51. The molecule has 0 aliphatic carbocycles. The predicted octanol–water partition coefficient (Wildman–Crippen LogP) is -0.0684. The molecular formula is C9H15N3O3S. The van der Waals surface area contributed by atoms with Crippen LogP contribution in [0.15, 0.2) is 9.42 Å². The van der Waals surface area contributed by atoms with Crippen LogP contribution in [-0.2, 0) is 10.0 Å². The molecule has 1 aromatic rings. The van der Waals surface area contributed by atoms with Gasteiger partial charge in [0.15, 0.2) is 5.76 Å². The molecule has 1 atom stereocenters. The molecule has 0 aromatic carbocycles. The fourth-order valence-corrected chi connectivity index (χ4v) is 3.49. The second-order valence-electron chi connectivity index (χ2n) is 3.96. The smallest absolute Gasteiger partial charge is 0.246 e. The van der Waals surface area contributed by atoms with E-state index in [1.807, 2.05) is 0 Å². The van der Waals surface area contributed by atoms with Gasteiger partial charge in [-0.15, -0.1) is 0 Å². The van der Waals surface area contributed by atoms with Gasteiger partial charge in [-0.1, -0.05) is 5.16 Å². The second kappa shape index (κ2) is 4.15. The summed E-state index contributed by atoms with van der Waals surface area (Å²) in [6.07, 6.45) is 0.808. The summed E-state index contributed by atoms with van der Waals surface area (Å²) in [6.45, 7) is 4.73. The van der Waals surface area contributed by atoms with Crippen molar-refractivity contribution in [3.05, 3.63) is 11.5 Å². The van der Waals surface area contributed by atoms with E-state index < -0.39 is 10.0 Å². The van der Waals surface area contributed by atoms with Crippen molar-refractivity contribution in [1.29, 1.82) is 0 Å². The van der Waals surface area contributed by atoms with Crippen LogP contribution in [0, 0.1) is 13.8 Å². The van der Waals surface area contributed by atoms with E-state index in [1.165, 1.54) is 0 Å². The lowest BCUT2D eigenvalue weighted by Gasteiger charge is -2.11. The molecule has 0 unspecified atom stereocenters. The van der Waals surface area contributed by atoms with Gasteiger partial charge in [0.2, 0.25) is 10.0 Å². The normalized spacial score (nSPS) is 21.5. The van der Waals surface area contributed by atoms with Crippen LogP contribution in [-0.4, -0.2) is 32.7 Å². The highest BCUT2D eigenvalue weighted by Gasteiger charge is 2.28. The van der Waals surface area contributed by atoms with Crippen LogP contribution in [0.3, 0.4) is 0 Å². The number of hydrogen-bond donors (Lipinski definition) is 2. The monoisotopic (exact) mass is 245 g/mol. The van der Waals surface area contributed by atoms with Crippen LogP contribution in [0.25, 0.3) is 0 Å². The zero-order chi connectivity index (χ0) is 11.8. The van der Waals surface area contributed by atoms with Gasteiger partial charge in [0.1, 0.15) is 10.6 Å². The summed E-state index contributed by atoms with van der Waals surface area (Å²) in [6, 6.07) is -0.0429. The summed E-state index contributed by atoms with van der Waals surface area (Å²) in [4.78, 5) is 0.166. The Kier molecular flexibility index (Phi) is 3.00. The predicted molar refractivity (Wildman–Crippen MR) is 57.6 cm³/mol. The Morgan fingerprint density at radius 1 is 1.50 bits per heavy atom. The molecule has 1 aliphatic heterocycles. The second-order valence-corrected chi connectivity index (χ2v) is 5.62. The minimum Gasteiger partial charge on any atom is -0.360 e. The number of nitrogens with one attached hydrogen (secondary N) is 2. The lowest BCUT2D eigenvalue weighted by atomic mass is 10.3. The molecule has 2 N–H and O–H groups in total. The molecule has 0 bridgehead atoms. The lowest BCUT2D eigenvalue weighted by Crippen LogP contribution is -2.36. The van der Waals surface area contributed by atoms with Gasteiger partial charge in [-0.2, -0.15) is 0 Å². The first-order chi connectivity index (χ1) is 7.50. The standard InChI is InChI=1S/C9H15N3O3S/c1-6-9(7(2)15-11-6)16(13,14)12-8-3-4-10-5-8/h8,10,12H,3-5H2,1-2H3/t8-/m0/s1. The zero-order valence-electron chi connectivity index (χ0n) is 9.28. The number of aryl methyl sites for hydroxylation is 2. The summed E-state index contributed by atoms with van der Waals surface area (Å²) in [5.41, 5.74) is 0.399. The summed E-state index contributed by atoms with van der Waals surface area (Å²) < 4.78 is 31.6. The number of rotatable bonds is 3. The Balaban J connectivity index is 2.25. The number of aromatic nitrogens is 1. The summed E-state index contributed by atoms with van der Waals surface area (Å²) in [7, 11) is -3.51. The first-order valence-corrected chi connectivity index (χ1v) is 6.65. The van der Waals surface area contributed by atoms with E-state index in [0.29, 0.717) is 18.0 Å². The molecule has 6 nitrogen and oxygen atoms in total. The van der Waals surface area contributed by atoms with Crippen molar-refractivity contribution in [2.45, 2.75) is 31.2 Å². The van der Waals surface area contributed by atoms with Crippen LogP contribution in [0.4, 0.5) is 0 Å². The van der Waals surface area contributed by atoms with Crippen LogP contribution in [0.5, 0.6) is 0 Å². The number of nitrogens with zero attached hydrogens (tertiary/aromatic N) is 1. The molecule has 2 heterocycles. The molecule has 0 amide bonds. The quantitative estimate of drug-likeness (QED) is 0.779. The van der Waals surface area contributed by atoms with E-state index in [9.17, 15) is 8.42 Å². The largest absolute Gasteiger partial charge is 0.360 e. The zero-order valence-corrected chi connectivity index (χ0v) is 10.1. The Morgan fingerprint density at radius 3 is 2.75 bits per heavy atom. The van der Waals surface area contributed by atoms with Gasteiger partial charge in [-0.05, 0) is 26.8 Å². The van der Waals surface area contributed by atoms with E-state index in [1.54, 1.807) is 13.8 Å². The highest BCUT2D eigenvalue weighted by atomic mass is 32.2. The van der Waals surface area contributed by atoms with Crippen molar-refractivity contribution < 1.29 is 12.9 Å². The van der Waals surface area contributed by atoms with Gasteiger partial charge in [-0.25, -0.2) is 13.1 Å². The van der Waals surface area contributed by atoms with Crippen molar-refractivity contribution in [3.8, 4) is 0 Å². The van der Waals surface area contributed by atoms with E-state index >= 15 is 0 Å². The SMILES string of the molecule is Cc1noc(C)c1S(=O)(=O)N[C@H]1CCNC1. The van der Waals surface area contributed by atoms with Crippen LogP contribution < -0.4 is 10.0 Å². The van der Waals surface area contributed by atoms with Crippen LogP contribution in [0.1, 0.15) is 17.9 Å². The van der Waals surface area contributed by atoms with E-state index in [2.05, 4.69) is 15.2 Å². The fourth-order valence-electron chi connectivity index (χ4n) is 1.89. The van der Waals surface area contributed by atoms with Gasteiger partial charge in [-0.3, -0.25) is 0 Å². The molecule has 1 aliphatic rings. The van der Waals surface area contributed by atoms with Gasteiger partial charge < -0.3 is 9.84 Å². The molecule has 90 valence electrons. The molecule has 0 saturated carbocycles. The molecule has 1 fully saturated rings. The Labute approximate surface area is 94.4 Å². The molecular weight excluding hydrogens is 230 g/mol.